The molecule has 2 atom stereocenters. The van der Waals surface area contributed by atoms with Crippen molar-refractivity contribution in [2.45, 2.75) is 83.3 Å². The van der Waals surface area contributed by atoms with Gasteiger partial charge in [-0.1, -0.05) is 44.2 Å². The van der Waals surface area contributed by atoms with Crippen LogP contribution in [0.1, 0.15) is 86.6 Å². The molecule has 6 nitrogen and oxygen atoms in total. The Morgan fingerprint density at radius 1 is 0.969 bits per heavy atom. The second kappa shape index (κ2) is 15.0. The molecule has 2 unspecified atom stereocenters. The molecule has 0 bridgehead atoms. The maximum absolute atomic E-state index is 11.7. The van der Waals surface area contributed by atoms with Crippen molar-refractivity contribution in [2.24, 2.45) is 5.92 Å². The van der Waals surface area contributed by atoms with Crippen molar-refractivity contribution in [1.29, 1.82) is 0 Å². The molecular weight excluding hydrogens is 406 g/mol. The van der Waals surface area contributed by atoms with E-state index in [1.165, 1.54) is 39.9 Å². The van der Waals surface area contributed by atoms with E-state index in [-0.39, 0.29) is 18.0 Å². The molecule has 0 amide bonds. The number of carbonyl (C=O) groups is 2. The minimum absolute atomic E-state index is 0.158. The van der Waals surface area contributed by atoms with E-state index in [4.69, 9.17) is 9.47 Å². The number of unbranched alkanes of at least 4 members (excludes halogenated alkanes) is 1. The number of hydrogen-bond donors (Lipinski definition) is 1. The van der Waals surface area contributed by atoms with Gasteiger partial charge in [0, 0.05) is 13.0 Å². The van der Waals surface area contributed by atoms with Crippen molar-refractivity contribution in [2.75, 3.05) is 27.3 Å². The van der Waals surface area contributed by atoms with Gasteiger partial charge in [-0.3, -0.25) is 9.69 Å². The monoisotopic (exact) mass is 447 g/mol. The van der Waals surface area contributed by atoms with Gasteiger partial charge in [0.25, 0.3) is 0 Å². The number of ether oxygens (including phenoxy) is 2. The summed E-state index contributed by atoms with van der Waals surface area (Å²) in [5.74, 6) is 0.0758. The zero-order valence-corrected chi connectivity index (χ0v) is 19.9. The maximum atomic E-state index is 11.7. The van der Waals surface area contributed by atoms with Crippen molar-refractivity contribution in [3.8, 4) is 0 Å². The topological polar surface area (TPSA) is 76.1 Å². The first-order chi connectivity index (χ1) is 15.5. The lowest BCUT2D eigenvalue weighted by molar-refractivity contribution is -0.140. The Bertz CT molecular complexity index is 675. The summed E-state index contributed by atoms with van der Waals surface area (Å²) in [5, 5.41) is 10.4. The predicted octanol–water partition coefficient (Wildman–Crippen LogP) is 4.73. The molecule has 0 saturated heterocycles. The smallest absolute Gasteiger partial charge is 0.337 e. The molecule has 2 rings (SSSR count). The van der Waals surface area contributed by atoms with Gasteiger partial charge >= 0.3 is 11.9 Å². The standard InChI is InChI=1S/C26H41NO5/c1-31-25(29)11-7-8-17-27(20-22-12-14-23(15-13-22)26(30)32-2)18-16-21-9-5-3-4-6-10-24(28)19-21/h12-15,21,24,28H,3-11,16-20H2,1-2H3. The summed E-state index contributed by atoms with van der Waals surface area (Å²) in [4.78, 5) is 25.5. The molecule has 0 aromatic heterocycles. The number of aliphatic hydroxyl groups excluding tert-OH is 1. The molecule has 1 aliphatic carbocycles. The first-order valence-electron chi connectivity index (χ1n) is 12.2. The molecule has 1 N–H and O–H groups in total. The molecule has 1 saturated carbocycles. The Kier molecular flexibility index (Phi) is 12.4. The van der Waals surface area contributed by atoms with Crippen LogP contribution in [0.25, 0.3) is 0 Å². The summed E-state index contributed by atoms with van der Waals surface area (Å²) in [5.41, 5.74) is 1.71. The Hall–Kier alpha value is -1.92. The van der Waals surface area contributed by atoms with Crippen LogP contribution in [0.2, 0.25) is 0 Å². The van der Waals surface area contributed by atoms with Gasteiger partial charge in [0.1, 0.15) is 0 Å². The second-order valence-corrected chi connectivity index (χ2v) is 9.03. The summed E-state index contributed by atoms with van der Waals surface area (Å²) in [7, 11) is 2.82. The van der Waals surface area contributed by atoms with Crippen LogP contribution in [0.4, 0.5) is 0 Å². The Morgan fingerprint density at radius 2 is 1.69 bits per heavy atom. The van der Waals surface area contributed by atoms with Gasteiger partial charge in [-0.15, -0.1) is 0 Å². The number of rotatable bonds is 11. The van der Waals surface area contributed by atoms with E-state index in [1.54, 1.807) is 0 Å². The number of benzene rings is 1. The largest absolute Gasteiger partial charge is 0.469 e. The Balaban J connectivity index is 1.94. The third-order valence-corrected chi connectivity index (χ3v) is 6.47. The van der Waals surface area contributed by atoms with Gasteiger partial charge in [-0.25, -0.2) is 4.79 Å². The lowest BCUT2D eigenvalue weighted by atomic mass is 9.92. The lowest BCUT2D eigenvalue weighted by Crippen LogP contribution is -2.28. The fraction of sp³-hybridized carbons (Fsp3) is 0.692. The highest BCUT2D eigenvalue weighted by Crippen LogP contribution is 2.25. The fourth-order valence-corrected chi connectivity index (χ4v) is 4.51. The normalized spacial score (nSPS) is 19.6. The van der Waals surface area contributed by atoms with Crippen molar-refractivity contribution < 1.29 is 24.2 Å². The van der Waals surface area contributed by atoms with Crippen molar-refractivity contribution in [1.82, 2.24) is 4.90 Å². The van der Waals surface area contributed by atoms with Crippen LogP contribution in [0, 0.1) is 5.92 Å². The Labute approximate surface area is 193 Å². The van der Waals surface area contributed by atoms with Gasteiger partial charge in [0.15, 0.2) is 0 Å². The predicted molar refractivity (Wildman–Crippen MR) is 125 cm³/mol. The lowest BCUT2D eigenvalue weighted by Gasteiger charge is -2.26. The first-order valence-corrected chi connectivity index (χ1v) is 12.2. The Morgan fingerprint density at radius 3 is 2.38 bits per heavy atom. The molecule has 0 spiro atoms. The minimum atomic E-state index is -0.324. The van der Waals surface area contributed by atoms with Crippen LogP contribution in [0.15, 0.2) is 24.3 Å². The molecule has 180 valence electrons. The molecule has 1 aliphatic rings. The molecule has 1 fully saturated rings. The van der Waals surface area contributed by atoms with Crippen LogP contribution in [-0.4, -0.2) is 55.4 Å². The molecular formula is C26H41NO5. The molecule has 0 aliphatic heterocycles. The number of methoxy groups -OCH3 is 2. The van der Waals surface area contributed by atoms with E-state index >= 15 is 0 Å². The highest BCUT2D eigenvalue weighted by molar-refractivity contribution is 5.89. The van der Waals surface area contributed by atoms with Crippen LogP contribution in [-0.2, 0) is 20.8 Å². The number of esters is 2. The number of carbonyl (C=O) groups excluding carboxylic acids is 2. The van der Waals surface area contributed by atoms with Crippen LogP contribution in [0.3, 0.4) is 0 Å². The zero-order valence-electron chi connectivity index (χ0n) is 19.9. The van der Waals surface area contributed by atoms with E-state index in [2.05, 4.69) is 4.90 Å². The first kappa shape index (κ1) is 26.3. The third kappa shape index (κ3) is 10.1. The molecule has 32 heavy (non-hydrogen) atoms. The average Bonchev–Trinajstić information content (AvgIpc) is 2.91. The molecule has 1 aromatic carbocycles. The number of hydrogen-bond acceptors (Lipinski definition) is 6. The summed E-state index contributed by atoms with van der Waals surface area (Å²) in [6.07, 6.45) is 11.0. The quantitative estimate of drug-likeness (QED) is 0.390. The van der Waals surface area contributed by atoms with E-state index < -0.39 is 0 Å². The van der Waals surface area contributed by atoms with Crippen molar-refractivity contribution in [3.05, 3.63) is 35.4 Å². The fourth-order valence-electron chi connectivity index (χ4n) is 4.51. The van der Waals surface area contributed by atoms with Gasteiger partial charge in [0.05, 0.1) is 25.9 Å². The van der Waals surface area contributed by atoms with Crippen molar-refractivity contribution in [3.63, 3.8) is 0 Å². The third-order valence-electron chi connectivity index (χ3n) is 6.47. The zero-order chi connectivity index (χ0) is 23.2. The van der Waals surface area contributed by atoms with Gasteiger partial charge in [-0.2, -0.15) is 0 Å². The SMILES string of the molecule is COC(=O)CCCCN(CCC1CCCCCCC(O)C1)Cc1ccc(C(=O)OC)cc1. The summed E-state index contributed by atoms with van der Waals surface area (Å²) >= 11 is 0. The van der Waals surface area contributed by atoms with Crippen LogP contribution in [0.5, 0.6) is 0 Å². The van der Waals surface area contributed by atoms with Gasteiger partial charge in [-0.05, 0) is 68.8 Å². The van der Waals surface area contributed by atoms with E-state index in [0.29, 0.717) is 17.9 Å². The average molecular weight is 448 g/mol. The van der Waals surface area contributed by atoms with Crippen LogP contribution >= 0.6 is 0 Å². The highest BCUT2D eigenvalue weighted by Gasteiger charge is 2.18. The molecule has 0 heterocycles. The van der Waals surface area contributed by atoms with Gasteiger partial charge < -0.3 is 14.6 Å². The van der Waals surface area contributed by atoms with E-state index in [1.807, 2.05) is 24.3 Å². The summed E-state index contributed by atoms with van der Waals surface area (Å²) < 4.78 is 9.53. The van der Waals surface area contributed by atoms with Crippen LogP contribution < -0.4 is 0 Å². The molecule has 1 aromatic rings. The van der Waals surface area contributed by atoms with Gasteiger partial charge in [0.2, 0.25) is 0 Å². The van der Waals surface area contributed by atoms with E-state index in [0.717, 1.165) is 63.7 Å². The maximum Gasteiger partial charge on any atom is 0.337 e. The van der Waals surface area contributed by atoms with E-state index in [9.17, 15) is 14.7 Å². The number of nitrogens with zero attached hydrogens (tertiary/aromatic N) is 1. The molecule has 6 heteroatoms. The highest BCUT2D eigenvalue weighted by atomic mass is 16.5. The minimum Gasteiger partial charge on any atom is -0.469 e. The van der Waals surface area contributed by atoms with Crippen molar-refractivity contribution >= 4 is 11.9 Å². The summed E-state index contributed by atoms with van der Waals surface area (Å²) in [6.45, 7) is 2.67. The molecule has 0 radical (unpaired) electrons. The second-order valence-electron chi connectivity index (χ2n) is 9.03. The number of aliphatic hydroxyl groups is 1. The summed E-state index contributed by atoms with van der Waals surface area (Å²) in [6, 6.07) is 7.59.